The van der Waals surface area contributed by atoms with Gasteiger partial charge in [-0.05, 0) is 31.9 Å². The molecule has 1 aliphatic heterocycles. The molecular formula is C14H21N3O3. The number of aliphatic hydroxyl groups excluding tert-OH is 1. The molecule has 2 heterocycles. The molecule has 20 heavy (non-hydrogen) atoms. The summed E-state index contributed by atoms with van der Waals surface area (Å²) >= 11 is 0. The van der Waals surface area contributed by atoms with Gasteiger partial charge in [-0.15, -0.1) is 0 Å². The number of nitrogens with one attached hydrogen (secondary N) is 1. The quantitative estimate of drug-likeness (QED) is 0.803. The van der Waals surface area contributed by atoms with Crippen molar-refractivity contribution in [2.24, 2.45) is 0 Å². The Morgan fingerprint density at radius 3 is 2.85 bits per heavy atom. The molecule has 6 nitrogen and oxygen atoms in total. The predicted octanol–water partition coefficient (Wildman–Crippen LogP) is 1.08. The third-order valence-corrected chi connectivity index (χ3v) is 3.59. The van der Waals surface area contributed by atoms with Crippen LogP contribution in [0.5, 0.6) is 0 Å². The zero-order valence-electron chi connectivity index (χ0n) is 11.9. The smallest absolute Gasteiger partial charge is 0.338 e. The van der Waals surface area contributed by atoms with E-state index in [0.717, 1.165) is 25.9 Å². The van der Waals surface area contributed by atoms with Crippen LogP contribution in [0.3, 0.4) is 0 Å². The van der Waals surface area contributed by atoms with Crippen molar-refractivity contribution in [3.05, 3.63) is 23.9 Å². The molecule has 0 saturated carbocycles. The highest BCUT2D eigenvalue weighted by molar-refractivity contribution is 5.89. The van der Waals surface area contributed by atoms with Gasteiger partial charge in [0.15, 0.2) is 0 Å². The fraction of sp³-hybridized carbons (Fsp3) is 0.571. The molecule has 0 amide bonds. The molecule has 1 aromatic heterocycles. The second kappa shape index (κ2) is 6.67. The van der Waals surface area contributed by atoms with E-state index in [2.05, 4.69) is 10.3 Å². The van der Waals surface area contributed by atoms with Crippen LogP contribution in [0.1, 0.15) is 30.1 Å². The number of hydrogen-bond acceptors (Lipinski definition) is 6. The van der Waals surface area contributed by atoms with Crippen LogP contribution in [0, 0.1) is 0 Å². The summed E-state index contributed by atoms with van der Waals surface area (Å²) in [6.07, 6.45) is 3.08. The van der Waals surface area contributed by atoms with E-state index < -0.39 is 6.23 Å². The Labute approximate surface area is 118 Å². The maximum Gasteiger partial charge on any atom is 0.338 e. The third-order valence-electron chi connectivity index (χ3n) is 3.59. The monoisotopic (exact) mass is 279 g/mol. The number of methoxy groups -OCH3 is 1. The van der Waals surface area contributed by atoms with Gasteiger partial charge in [0.1, 0.15) is 12.0 Å². The van der Waals surface area contributed by atoms with Gasteiger partial charge in [0, 0.05) is 25.3 Å². The van der Waals surface area contributed by atoms with E-state index in [9.17, 15) is 9.90 Å². The molecule has 1 unspecified atom stereocenters. The van der Waals surface area contributed by atoms with Gasteiger partial charge in [-0.1, -0.05) is 0 Å². The van der Waals surface area contributed by atoms with E-state index in [1.807, 2.05) is 4.90 Å². The Morgan fingerprint density at radius 2 is 2.25 bits per heavy atom. The number of likely N-dealkylation sites (tertiary alicyclic amines) is 1. The van der Waals surface area contributed by atoms with E-state index in [1.54, 1.807) is 25.3 Å². The Bertz CT molecular complexity index is 457. The lowest BCUT2D eigenvalue weighted by Crippen LogP contribution is -2.43. The second-order valence-electron chi connectivity index (χ2n) is 5.01. The largest absolute Gasteiger partial charge is 0.465 e. The van der Waals surface area contributed by atoms with E-state index in [4.69, 9.17) is 4.74 Å². The summed E-state index contributed by atoms with van der Waals surface area (Å²) in [4.78, 5) is 17.7. The summed E-state index contributed by atoms with van der Waals surface area (Å²) in [5.41, 5.74) is 0.492. The Hall–Kier alpha value is -1.66. The summed E-state index contributed by atoms with van der Waals surface area (Å²) < 4.78 is 4.69. The average molecular weight is 279 g/mol. The van der Waals surface area contributed by atoms with Crippen molar-refractivity contribution in [1.82, 2.24) is 9.88 Å². The molecule has 0 spiro atoms. The summed E-state index contributed by atoms with van der Waals surface area (Å²) in [5.74, 6) is 0.322. The summed E-state index contributed by atoms with van der Waals surface area (Å²) in [6.45, 7) is 3.49. The van der Waals surface area contributed by atoms with Crippen molar-refractivity contribution >= 4 is 11.8 Å². The molecule has 0 aromatic carbocycles. The first-order valence-corrected chi connectivity index (χ1v) is 6.83. The van der Waals surface area contributed by atoms with Gasteiger partial charge in [-0.3, -0.25) is 4.90 Å². The summed E-state index contributed by atoms with van der Waals surface area (Å²) in [5, 5.41) is 12.9. The molecule has 0 aliphatic carbocycles. The van der Waals surface area contributed by atoms with Crippen LogP contribution in [0.4, 0.5) is 5.82 Å². The lowest BCUT2D eigenvalue weighted by molar-refractivity contribution is 0.00476. The number of esters is 1. The number of rotatable bonds is 4. The maximum absolute atomic E-state index is 11.5. The Morgan fingerprint density at radius 1 is 1.55 bits per heavy atom. The number of hydrogen-bond donors (Lipinski definition) is 2. The molecule has 110 valence electrons. The predicted molar refractivity (Wildman–Crippen MR) is 75.5 cm³/mol. The number of aromatic nitrogens is 1. The van der Waals surface area contributed by atoms with Crippen LogP contribution in [0.15, 0.2) is 18.3 Å². The van der Waals surface area contributed by atoms with Gasteiger partial charge in [-0.25, -0.2) is 9.78 Å². The highest BCUT2D eigenvalue weighted by atomic mass is 16.5. The van der Waals surface area contributed by atoms with Crippen LogP contribution in [0.25, 0.3) is 0 Å². The third kappa shape index (κ3) is 3.68. The van der Waals surface area contributed by atoms with E-state index in [1.165, 1.54) is 7.11 Å². The van der Waals surface area contributed by atoms with E-state index in [0.29, 0.717) is 17.4 Å². The van der Waals surface area contributed by atoms with Gasteiger partial charge in [0.05, 0.1) is 12.7 Å². The molecule has 1 saturated heterocycles. The summed E-state index contributed by atoms with van der Waals surface area (Å²) in [6, 6.07) is 3.64. The van der Waals surface area contributed by atoms with E-state index in [-0.39, 0.29) is 5.97 Å². The molecule has 2 N–H and O–H groups in total. The molecular weight excluding hydrogens is 258 g/mol. The van der Waals surface area contributed by atoms with Crippen molar-refractivity contribution in [2.75, 3.05) is 25.5 Å². The molecule has 1 aliphatic rings. The second-order valence-corrected chi connectivity index (χ2v) is 5.01. The molecule has 2 rings (SSSR count). The number of carbonyl (C=O) groups excluding carboxylic acids is 1. The topological polar surface area (TPSA) is 74.7 Å². The normalized spacial score (nSPS) is 18.6. The molecule has 1 aromatic rings. The van der Waals surface area contributed by atoms with Crippen LogP contribution >= 0.6 is 0 Å². The van der Waals surface area contributed by atoms with Crippen molar-refractivity contribution in [1.29, 1.82) is 0 Å². The number of aliphatic hydroxyl groups is 1. The van der Waals surface area contributed by atoms with Gasteiger partial charge in [0.2, 0.25) is 0 Å². The number of anilines is 1. The molecule has 1 fully saturated rings. The van der Waals surface area contributed by atoms with Gasteiger partial charge < -0.3 is 15.2 Å². The first-order valence-electron chi connectivity index (χ1n) is 6.83. The minimum absolute atomic E-state index is 0.311. The van der Waals surface area contributed by atoms with Crippen molar-refractivity contribution < 1.29 is 14.6 Å². The highest BCUT2D eigenvalue weighted by Crippen LogP contribution is 2.17. The number of carbonyl (C=O) groups is 1. The molecule has 0 radical (unpaired) electrons. The molecule has 1 atom stereocenters. The zero-order valence-corrected chi connectivity index (χ0v) is 11.9. The first kappa shape index (κ1) is 14.7. The fourth-order valence-corrected chi connectivity index (χ4v) is 2.38. The van der Waals surface area contributed by atoms with Crippen LogP contribution in [-0.2, 0) is 4.74 Å². The highest BCUT2D eigenvalue weighted by Gasteiger charge is 2.21. The number of ether oxygens (including phenoxy) is 1. The minimum Gasteiger partial charge on any atom is -0.465 e. The van der Waals surface area contributed by atoms with Crippen molar-refractivity contribution in [3.63, 3.8) is 0 Å². The van der Waals surface area contributed by atoms with Crippen LogP contribution in [-0.4, -0.2) is 53.4 Å². The SMILES string of the molecule is COC(=O)c1ccnc(NC2CCN(C(C)O)CC2)c1. The summed E-state index contributed by atoms with van der Waals surface area (Å²) in [7, 11) is 1.36. The number of pyridine rings is 1. The Balaban J connectivity index is 1.93. The van der Waals surface area contributed by atoms with Crippen LogP contribution < -0.4 is 5.32 Å². The fourth-order valence-electron chi connectivity index (χ4n) is 2.38. The van der Waals surface area contributed by atoms with Gasteiger partial charge in [-0.2, -0.15) is 0 Å². The molecule has 0 bridgehead atoms. The lowest BCUT2D eigenvalue weighted by Gasteiger charge is -2.34. The van der Waals surface area contributed by atoms with Gasteiger partial charge in [0.25, 0.3) is 0 Å². The number of piperidine rings is 1. The Kier molecular flexibility index (Phi) is 4.92. The van der Waals surface area contributed by atoms with Crippen LogP contribution in [0.2, 0.25) is 0 Å². The zero-order chi connectivity index (χ0) is 14.5. The van der Waals surface area contributed by atoms with Crippen molar-refractivity contribution in [3.8, 4) is 0 Å². The van der Waals surface area contributed by atoms with E-state index >= 15 is 0 Å². The average Bonchev–Trinajstić information content (AvgIpc) is 2.47. The molecule has 6 heteroatoms. The standard InChI is InChI=1S/C14H21N3O3/c1-10(18)17-7-4-12(5-8-17)16-13-9-11(3-6-15-13)14(19)20-2/h3,6,9-10,12,18H,4-5,7-8H2,1-2H3,(H,15,16). The lowest BCUT2D eigenvalue weighted by atomic mass is 10.0. The minimum atomic E-state index is -0.392. The van der Waals surface area contributed by atoms with Crippen molar-refractivity contribution in [2.45, 2.75) is 32.0 Å². The maximum atomic E-state index is 11.5. The van der Waals surface area contributed by atoms with Gasteiger partial charge >= 0.3 is 5.97 Å². The number of nitrogens with zero attached hydrogens (tertiary/aromatic N) is 2. The first-order chi connectivity index (χ1) is 9.60.